The summed E-state index contributed by atoms with van der Waals surface area (Å²) in [5.41, 5.74) is -2.64. The summed E-state index contributed by atoms with van der Waals surface area (Å²) in [6.45, 7) is 32.0. The molecular formula is C69H119N15O16. The monoisotopic (exact) mass is 1410 g/mol. The van der Waals surface area contributed by atoms with Crippen LogP contribution in [0.15, 0.2) is 0 Å². The lowest BCUT2D eigenvalue weighted by Crippen LogP contribution is -2.65. The molecule has 31 nitrogen and oxygen atoms in total. The number of likely N-dealkylation sites (tertiary alicyclic amines) is 3. The van der Waals surface area contributed by atoms with Gasteiger partial charge >= 0.3 is 0 Å². The molecule has 3 aliphatic heterocycles. The molecule has 3 aliphatic rings. The lowest BCUT2D eigenvalue weighted by molar-refractivity contribution is -0.146. The first-order valence-electron chi connectivity index (χ1n) is 35.3. The maximum Gasteiger partial charge on any atom is 0.248 e. The minimum atomic E-state index is -1.68. The minimum Gasteiger partial charge on any atom is -0.394 e. The van der Waals surface area contributed by atoms with Gasteiger partial charge in [-0.25, -0.2) is 0 Å². The topological polar surface area (TPSA) is 444 Å². The molecule has 0 aromatic rings. The molecule has 0 spiro atoms. The summed E-state index contributed by atoms with van der Waals surface area (Å²) in [6, 6.07) is -9.81. The average Bonchev–Trinajstić information content (AvgIpc) is 1.51. The van der Waals surface area contributed by atoms with E-state index in [-0.39, 0.29) is 82.5 Å². The van der Waals surface area contributed by atoms with Crippen LogP contribution in [-0.4, -0.2) is 217 Å². The number of nitrogens with zero attached hydrogens (tertiary/aromatic N) is 3. The van der Waals surface area contributed by atoms with Gasteiger partial charge < -0.3 is 84.0 Å². The maximum absolute atomic E-state index is 14.5. The largest absolute Gasteiger partial charge is 0.394 e. The van der Waals surface area contributed by atoms with Crippen LogP contribution in [-0.2, 0) is 71.9 Å². The summed E-state index contributed by atoms with van der Waals surface area (Å²) >= 11 is 0. The Balaban J connectivity index is 1.70. The summed E-state index contributed by atoms with van der Waals surface area (Å²) in [5, 5.41) is 39.6. The number of nitrogens with two attached hydrogens (primary N) is 1. The van der Waals surface area contributed by atoms with E-state index in [4.69, 9.17) is 5.73 Å². The normalized spacial score (nSPS) is 18.8. The zero-order chi connectivity index (χ0) is 76.5. The molecule has 100 heavy (non-hydrogen) atoms. The highest BCUT2D eigenvalue weighted by molar-refractivity contribution is 6.02. The van der Waals surface area contributed by atoms with Gasteiger partial charge in [0.05, 0.1) is 12.6 Å². The van der Waals surface area contributed by atoms with Crippen LogP contribution in [0.5, 0.6) is 0 Å². The molecule has 0 aliphatic carbocycles. The Morgan fingerprint density at radius 2 is 0.820 bits per heavy atom. The molecule has 3 rings (SSSR count). The highest BCUT2D eigenvalue weighted by Gasteiger charge is 2.48. The maximum atomic E-state index is 14.5. The minimum absolute atomic E-state index is 0.0723. The summed E-state index contributed by atoms with van der Waals surface area (Å²) in [5.74, 6) is -10.8. The Labute approximate surface area is 589 Å². The van der Waals surface area contributed by atoms with Crippen LogP contribution in [0.2, 0.25) is 0 Å². The summed E-state index contributed by atoms with van der Waals surface area (Å²) in [7, 11) is 0. The number of carbonyl (C=O) groups excluding carboxylic acids is 15. The second-order valence-corrected chi connectivity index (χ2v) is 31.2. The number of aliphatic hydroxyl groups excluding tert-OH is 1. The third-order valence-electron chi connectivity index (χ3n) is 18.3. The molecule has 31 heteroatoms. The van der Waals surface area contributed by atoms with Crippen molar-refractivity contribution in [3.8, 4) is 0 Å². The molecule has 0 aromatic carbocycles. The van der Waals surface area contributed by atoms with Gasteiger partial charge in [-0.15, -0.1) is 0 Å². The Bertz CT molecular complexity index is 3000. The van der Waals surface area contributed by atoms with E-state index >= 15 is 0 Å². The number of amides is 15. The van der Waals surface area contributed by atoms with Gasteiger partial charge in [0.15, 0.2) is 0 Å². The lowest BCUT2D eigenvalue weighted by atomic mass is 9.95. The molecule has 15 amide bonds. The van der Waals surface area contributed by atoms with E-state index in [9.17, 15) is 77.0 Å². The first-order valence-corrected chi connectivity index (χ1v) is 35.3. The molecule has 0 radical (unpaired) electrons. The molecular weight excluding hydrogens is 1290 g/mol. The molecule has 0 saturated carbocycles. The van der Waals surface area contributed by atoms with Crippen molar-refractivity contribution in [2.75, 3.05) is 26.2 Å². The van der Waals surface area contributed by atoms with E-state index in [0.717, 1.165) is 0 Å². The molecule has 3 fully saturated rings. The summed E-state index contributed by atoms with van der Waals surface area (Å²) < 4.78 is 0. The van der Waals surface area contributed by atoms with Crippen LogP contribution in [0.25, 0.3) is 0 Å². The number of primary amides is 1. The van der Waals surface area contributed by atoms with E-state index in [0.29, 0.717) is 38.5 Å². The van der Waals surface area contributed by atoms with Gasteiger partial charge in [0.1, 0.15) is 76.0 Å². The van der Waals surface area contributed by atoms with Crippen molar-refractivity contribution in [2.45, 2.75) is 298 Å². The fourth-order valence-electron chi connectivity index (χ4n) is 12.5. The van der Waals surface area contributed by atoms with E-state index in [1.807, 2.05) is 27.7 Å². The van der Waals surface area contributed by atoms with Crippen molar-refractivity contribution in [1.29, 1.82) is 0 Å². The van der Waals surface area contributed by atoms with Crippen molar-refractivity contribution >= 4 is 88.6 Å². The van der Waals surface area contributed by atoms with Gasteiger partial charge in [0.25, 0.3) is 0 Å². The third-order valence-corrected chi connectivity index (χ3v) is 18.3. The molecule has 3 heterocycles. The van der Waals surface area contributed by atoms with E-state index in [1.165, 1.54) is 97.8 Å². The number of carbonyl (C=O) groups is 15. The predicted molar refractivity (Wildman–Crippen MR) is 372 cm³/mol. The standard InChI is InChI=1S/C69H119N15O16/c1-21-40(8)51(76-52(88)41(9)71-56(92)47-25-22-30-82(47)62(98)67(15,16)78-54(90)45(34-38(4)5)73-53(89)44(28-29-50(70)87)74-60(96)65(11,12)77-42(10)86)59(95)81-69(19,20)64(100)84-32-24-27-49(84)58(94)80-66(13,14)61(97)75-46(35-39(6)7)55(91)79-68(17,18)63(99)83-31-23-26-48(83)57(93)72-43(36-85)33-37(2)3/h37-41,43-49,51,85H,21-36H2,1-20H3,(H2,70,87)(H,71,92)(H,72,93)(H,73,89)(H,74,96)(H,75,97)(H,76,88)(H,77,86)(H,78,90)(H,79,91)(H,80,94)(H,81,95)/t40-,41-,43-,44-,45-,46-,47-,48-,49-,51-/m0/s1. The van der Waals surface area contributed by atoms with Crippen molar-refractivity contribution in [3.05, 3.63) is 0 Å². The van der Waals surface area contributed by atoms with Crippen LogP contribution < -0.4 is 64.2 Å². The molecule has 566 valence electrons. The fourth-order valence-corrected chi connectivity index (χ4v) is 12.5. The van der Waals surface area contributed by atoms with Crippen LogP contribution in [0.4, 0.5) is 0 Å². The molecule has 0 aromatic heterocycles. The lowest BCUT2D eigenvalue weighted by Gasteiger charge is -2.36. The van der Waals surface area contributed by atoms with Gasteiger partial charge in [-0.05, 0) is 164 Å². The first-order chi connectivity index (χ1) is 46.0. The van der Waals surface area contributed by atoms with Crippen LogP contribution in [0.3, 0.4) is 0 Å². The second kappa shape index (κ2) is 36.6. The quantitative estimate of drug-likeness (QED) is 0.0387. The Morgan fingerprint density at radius 1 is 0.440 bits per heavy atom. The van der Waals surface area contributed by atoms with Crippen molar-refractivity contribution in [1.82, 2.24) is 73.2 Å². The fraction of sp³-hybridized carbons (Fsp3) is 0.783. The SMILES string of the molecule is CC[C@H](C)[C@H](NC(=O)[C@H](C)NC(=O)[C@@H]1CCCN1C(=O)C(C)(C)NC(=O)[C@H](CC(C)C)NC(=O)[C@H](CCC(N)=O)NC(=O)C(C)(C)NC(C)=O)C(=O)NC(C)(C)C(=O)N1CCC[C@H]1C(=O)NC(C)(C)C(=O)N[C@@H](CC(C)C)C(=O)NC(C)(C)C(=O)N1CCC[C@H]1C(=O)N[C@H](CO)CC(C)C. The van der Waals surface area contributed by atoms with Gasteiger partial charge in [-0.3, -0.25) is 71.9 Å². The van der Waals surface area contributed by atoms with Crippen LogP contribution >= 0.6 is 0 Å². The number of rotatable bonds is 36. The van der Waals surface area contributed by atoms with Crippen molar-refractivity contribution in [3.63, 3.8) is 0 Å². The van der Waals surface area contributed by atoms with Crippen molar-refractivity contribution in [2.24, 2.45) is 29.4 Å². The summed E-state index contributed by atoms with van der Waals surface area (Å²) in [6.07, 6.45) is 2.69. The Kier molecular flexibility index (Phi) is 31.5. The van der Waals surface area contributed by atoms with Gasteiger partial charge in [0.2, 0.25) is 88.6 Å². The van der Waals surface area contributed by atoms with E-state index in [2.05, 4.69) is 58.5 Å². The highest BCUT2D eigenvalue weighted by Crippen LogP contribution is 2.27. The van der Waals surface area contributed by atoms with Gasteiger partial charge in [-0.2, -0.15) is 0 Å². The Morgan fingerprint density at radius 3 is 1.21 bits per heavy atom. The van der Waals surface area contributed by atoms with E-state index in [1.54, 1.807) is 27.7 Å². The van der Waals surface area contributed by atoms with Crippen LogP contribution in [0.1, 0.15) is 216 Å². The second-order valence-electron chi connectivity index (χ2n) is 31.2. The van der Waals surface area contributed by atoms with Gasteiger partial charge in [0, 0.05) is 33.0 Å². The summed E-state index contributed by atoms with van der Waals surface area (Å²) in [4.78, 5) is 210. The zero-order valence-electron chi connectivity index (χ0n) is 62.8. The number of nitrogens with one attached hydrogen (secondary N) is 11. The zero-order valence-corrected chi connectivity index (χ0v) is 62.8. The van der Waals surface area contributed by atoms with Crippen LogP contribution in [0, 0.1) is 23.7 Å². The van der Waals surface area contributed by atoms with E-state index < -0.39 is 177 Å². The molecule has 10 atom stereocenters. The molecule has 3 saturated heterocycles. The third kappa shape index (κ3) is 24.7. The number of hydrogen-bond acceptors (Lipinski definition) is 16. The molecule has 14 N–H and O–H groups in total. The average molecular weight is 1410 g/mol. The first kappa shape index (κ1) is 86.2. The van der Waals surface area contributed by atoms with Crippen molar-refractivity contribution < 1.29 is 77.0 Å². The predicted octanol–water partition coefficient (Wildman–Crippen LogP) is -0.176. The smallest absolute Gasteiger partial charge is 0.248 e. The highest BCUT2D eigenvalue weighted by atomic mass is 16.3. The van der Waals surface area contributed by atoms with Gasteiger partial charge in [-0.1, -0.05) is 61.8 Å². The number of aliphatic hydroxyl groups is 1. The Hall–Kier alpha value is -7.99. The molecule has 0 unspecified atom stereocenters. The molecule has 0 bridgehead atoms. The number of hydrogen-bond donors (Lipinski definition) is 13.